The molecule has 0 saturated carbocycles. The molecule has 0 heterocycles. The van der Waals surface area contributed by atoms with Crippen LogP contribution in [0.2, 0.25) is 0 Å². The normalized spacial score (nSPS) is 19.6. The number of carbonyl (C=O) groups excluding carboxylic acids is 2. The molecule has 0 radical (unpaired) electrons. The van der Waals surface area contributed by atoms with Crippen LogP contribution in [0.1, 0.15) is 36.1 Å². The Morgan fingerprint density at radius 1 is 0.594 bits per heavy atom. The maximum Gasteiger partial charge on any atom is 0.341 e. The van der Waals surface area contributed by atoms with Gasteiger partial charge in [0.15, 0.2) is 0 Å². The third-order valence-corrected chi connectivity index (χ3v) is 4.85. The summed E-state index contributed by atoms with van der Waals surface area (Å²) in [4.78, 5) is 22.7. The molecule has 0 atom stereocenters. The van der Waals surface area contributed by atoms with Gasteiger partial charge in [-0.25, -0.2) is 0 Å². The number of benzene rings is 2. The molecule has 0 fully saturated rings. The fourth-order valence-corrected chi connectivity index (χ4v) is 3.31. The van der Waals surface area contributed by atoms with Gasteiger partial charge in [0.05, 0.1) is 22.5 Å². The van der Waals surface area contributed by atoms with Crippen molar-refractivity contribution in [2.45, 2.75) is 37.5 Å². The summed E-state index contributed by atoms with van der Waals surface area (Å²) >= 11 is 0. The maximum atomic E-state index is 15.0. The van der Waals surface area contributed by atoms with Crippen molar-refractivity contribution in [3.8, 4) is 0 Å². The largest absolute Gasteiger partial charge is 0.341 e. The summed E-state index contributed by atoms with van der Waals surface area (Å²) < 4.78 is 120. The quantitative estimate of drug-likeness (QED) is 0.560. The molecular formula is C20H14F8N2O2. The lowest BCUT2D eigenvalue weighted by Gasteiger charge is -2.33. The number of hydrogen-bond donors (Lipinski definition) is 2. The Balaban J connectivity index is 2.46. The van der Waals surface area contributed by atoms with Crippen LogP contribution in [-0.2, 0) is 33.3 Å². The van der Waals surface area contributed by atoms with Crippen molar-refractivity contribution in [2.75, 3.05) is 10.6 Å². The zero-order valence-electron chi connectivity index (χ0n) is 16.3. The summed E-state index contributed by atoms with van der Waals surface area (Å²) in [6.45, 7) is 1.58. The maximum absolute atomic E-state index is 15.0. The van der Waals surface area contributed by atoms with E-state index in [2.05, 4.69) is 0 Å². The van der Waals surface area contributed by atoms with Crippen LogP contribution in [-0.4, -0.2) is 11.8 Å². The molecule has 32 heavy (non-hydrogen) atoms. The van der Waals surface area contributed by atoms with Crippen molar-refractivity contribution < 1.29 is 44.7 Å². The number of carbonyl (C=O) groups is 2. The number of hydrogen-bond acceptors (Lipinski definition) is 2. The standard InChI is InChI=1S/C20H14F8N2O2/c1-9(31)29-15-7-11-3-5-13(15)19(25,26)18(23,24)12-4-6-14(16(8-12)30-10(2)32)20(27,28)17(11,21)22/h3-8H,1-2H3,(H,29,31)(H,30,32). The number of rotatable bonds is 2. The van der Waals surface area contributed by atoms with Gasteiger partial charge in [-0.3, -0.25) is 9.59 Å². The number of nitrogens with one attached hydrogen (secondary N) is 2. The molecule has 0 unspecified atom stereocenters. The van der Waals surface area contributed by atoms with E-state index in [1.165, 1.54) is 0 Å². The zero-order chi connectivity index (χ0) is 24.3. The summed E-state index contributed by atoms with van der Waals surface area (Å²) in [6, 6.07) is 0.790. The van der Waals surface area contributed by atoms with Gasteiger partial charge in [-0.15, -0.1) is 0 Å². The van der Waals surface area contributed by atoms with E-state index < -0.39 is 69.1 Å². The van der Waals surface area contributed by atoms with E-state index in [9.17, 15) is 44.7 Å². The minimum Gasteiger partial charge on any atom is -0.326 e. The minimum absolute atomic E-state index is 0.0979. The molecule has 0 saturated heterocycles. The molecule has 2 N–H and O–H groups in total. The average Bonchev–Trinajstić information content (AvgIpc) is 2.65. The van der Waals surface area contributed by atoms with Gasteiger partial charge in [0.2, 0.25) is 11.8 Å². The third kappa shape index (κ3) is 3.37. The van der Waals surface area contributed by atoms with Crippen molar-refractivity contribution in [2.24, 2.45) is 0 Å². The number of alkyl halides is 8. The Bertz CT molecular complexity index is 1030. The molecule has 2 aromatic rings. The molecule has 172 valence electrons. The first-order valence-corrected chi connectivity index (χ1v) is 8.90. The lowest BCUT2D eigenvalue weighted by atomic mass is 9.87. The second-order valence-electron chi connectivity index (χ2n) is 7.18. The Kier molecular flexibility index (Phi) is 5.26. The molecule has 0 aliphatic heterocycles. The molecule has 4 bridgehead atoms. The summed E-state index contributed by atoms with van der Waals surface area (Å²) in [6.07, 6.45) is 0. The molecule has 6 rings (SSSR count). The highest BCUT2D eigenvalue weighted by Gasteiger charge is 2.63. The first-order valence-electron chi connectivity index (χ1n) is 8.90. The third-order valence-electron chi connectivity index (χ3n) is 4.85. The van der Waals surface area contributed by atoms with Gasteiger partial charge >= 0.3 is 23.7 Å². The Labute approximate surface area is 175 Å². The highest BCUT2D eigenvalue weighted by molar-refractivity contribution is 5.91. The van der Waals surface area contributed by atoms with Crippen LogP contribution in [0.15, 0.2) is 36.4 Å². The van der Waals surface area contributed by atoms with Gasteiger partial charge in [0.1, 0.15) is 0 Å². The van der Waals surface area contributed by atoms with E-state index >= 15 is 0 Å². The minimum atomic E-state index is -5.07. The monoisotopic (exact) mass is 466 g/mol. The Hall–Kier alpha value is -3.18. The molecule has 0 aromatic heterocycles. The molecule has 4 nitrogen and oxygen atoms in total. The summed E-state index contributed by atoms with van der Waals surface area (Å²) in [7, 11) is 0. The topological polar surface area (TPSA) is 58.2 Å². The first-order chi connectivity index (χ1) is 14.5. The molecule has 2 aromatic carbocycles. The van der Waals surface area contributed by atoms with E-state index in [1.54, 1.807) is 10.6 Å². The van der Waals surface area contributed by atoms with E-state index in [0.717, 1.165) is 13.8 Å². The highest BCUT2D eigenvalue weighted by atomic mass is 19.3. The average molecular weight is 466 g/mol. The molecule has 0 spiro atoms. The molecule has 12 heteroatoms. The summed E-state index contributed by atoms with van der Waals surface area (Å²) in [5, 5.41) is 3.44. The van der Waals surface area contributed by atoms with Gasteiger partial charge in [-0.05, 0) is 12.1 Å². The SMILES string of the molecule is CC(=O)Nc1cc2ccc1C(F)(F)C(F)(F)c1ccc(c(NC(C)=O)c1)C(F)(F)C2(F)F. The second-order valence-corrected chi connectivity index (χ2v) is 7.18. The highest BCUT2D eigenvalue weighted by Crippen LogP contribution is 2.57. The van der Waals surface area contributed by atoms with E-state index in [1.807, 2.05) is 0 Å². The van der Waals surface area contributed by atoms with Crippen LogP contribution in [0.25, 0.3) is 0 Å². The van der Waals surface area contributed by atoms with E-state index in [0.29, 0.717) is 0 Å². The number of halogens is 8. The van der Waals surface area contributed by atoms with Gasteiger partial charge in [0, 0.05) is 25.0 Å². The van der Waals surface area contributed by atoms with Crippen LogP contribution in [0.4, 0.5) is 46.5 Å². The summed E-state index contributed by atoms with van der Waals surface area (Å²) in [5.41, 5.74) is -8.52. The molecule has 4 aliphatic rings. The molecular weight excluding hydrogens is 452 g/mol. The smallest absolute Gasteiger partial charge is 0.326 e. The van der Waals surface area contributed by atoms with Crippen molar-refractivity contribution in [3.05, 3.63) is 58.7 Å². The molecule has 2 amide bonds. The predicted octanol–water partition coefficient (Wildman–Crippen LogP) is 5.68. The lowest BCUT2D eigenvalue weighted by molar-refractivity contribution is -0.226. The number of amides is 2. The van der Waals surface area contributed by atoms with E-state index in [-0.39, 0.29) is 36.4 Å². The van der Waals surface area contributed by atoms with Crippen LogP contribution in [0.3, 0.4) is 0 Å². The fourth-order valence-electron chi connectivity index (χ4n) is 3.31. The van der Waals surface area contributed by atoms with Crippen molar-refractivity contribution in [1.82, 2.24) is 0 Å². The van der Waals surface area contributed by atoms with Crippen molar-refractivity contribution >= 4 is 23.2 Å². The Morgan fingerprint density at radius 3 is 1.19 bits per heavy atom. The lowest BCUT2D eigenvalue weighted by Crippen LogP contribution is -2.40. The van der Waals surface area contributed by atoms with Crippen molar-refractivity contribution in [1.29, 1.82) is 0 Å². The van der Waals surface area contributed by atoms with Gasteiger partial charge in [-0.1, -0.05) is 24.3 Å². The second kappa shape index (κ2) is 7.17. The van der Waals surface area contributed by atoms with Gasteiger partial charge in [-0.2, -0.15) is 35.1 Å². The van der Waals surface area contributed by atoms with Gasteiger partial charge < -0.3 is 10.6 Å². The van der Waals surface area contributed by atoms with Crippen LogP contribution < -0.4 is 10.6 Å². The molecule has 4 aliphatic carbocycles. The fraction of sp³-hybridized carbons (Fsp3) is 0.300. The van der Waals surface area contributed by atoms with Crippen LogP contribution in [0, 0.1) is 0 Å². The first kappa shape index (κ1) is 23.5. The van der Waals surface area contributed by atoms with E-state index in [4.69, 9.17) is 0 Å². The van der Waals surface area contributed by atoms with Crippen molar-refractivity contribution in [3.63, 3.8) is 0 Å². The van der Waals surface area contributed by atoms with Crippen LogP contribution >= 0.6 is 0 Å². The summed E-state index contributed by atoms with van der Waals surface area (Å²) in [5.74, 6) is -22.4. The van der Waals surface area contributed by atoms with Crippen LogP contribution in [0.5, 0.6) is 0 Å². The Morgan fingerprint density at radius 2 is 0.906 bits per heavy atom. The van der Waals surface area contributed by atoms with Gasteiger partial charge in [0.25, 0.3) is 0 Å². The zero-order valence-corrected chi connectivity index (χ0v) is 16.3. The predicted molar refractivity (Wildman–Crippen MR) is 97.1 cm³/mol. The number of anilines is 2.